The van der Waals surface area contributed by atoms with Crippen molar-refractivity contribution in [3.8, 4) is 11.8 Å². The van der Waals surface area contributed by atoms with Gasteiger partial charge in [-0.3, -0.25) is 4.79 Å². The van der Waals surface area contributed by atoms with Gasteiger partial charge in [0.1, 0.15) is 0 Å². The number of hydrogen-bond donors (Lipinski definition) is 2. The second kappa shape index (κ2) is 10.3. The molecular formula is C23H25NO4. The van der Waals surface area contributed by atoms with Crippen molar-refractivity contribution < 1.29 is 19.4 Å². The van der Waals surface area contributed by atoms with Gasteiger partial charge in [-0.05, 0) is 55.3 Å². The monoisotopic (exact) mass is 379 g/mol. The van der Waals surface area contributed by atoms with Crippen LogP contribution in [-0.4, -0.2) is 36.2 Å². The van der Waals surface area contributed by atoms with Crippen molar-refractivity contribution in [2.24, 2.45) is 0 Å². The van der Waals surface area contributed by atoms with E-state index in [1.54, 1.807) is 24.3 Å². The minimum atomic E-state index is -1.12. The Morgan fingerprint density at radius 2 is 1.57 bits per heavy atom. The second-order valence-corrected chi connectivity index (χ2v) is 6.49. The normalized spacial score (nSPS) is 12.3. The van der Waals surface area contributed by atoms with E-state index in [0.29, 0.717) is 5.56 Å². The predicted octanol–water partition coefficient (Wildman–Crippen LogP) is 2.69. The molecule has 28 heavy (non-hydrogen) atoms. The molecule has 2 atom stereocenters. The van der Waals surface area contributed by atoms with Gasteiger partial charge in [-0.15, -0.1) is 0 Å². The summed E-state index contributed by atoms with van der Waals surface area (Å²) in [7, 11) is 1.20. The Kier molecular flexibility index (Phi) is 7.79. The first kappa shape index (κ1) is 21.2. The van der Waals surface area contributed by atoms with Crippen molar-refractivity contribution >= 4 is 11.9 Å². The highest BCUT2D eigenvalue weighted by molar-refractivity contribution is 5.97. The van der Waals surface area contributed by atoms with Crippen LogP contribution in [0, 0.1) is 11.8 Å². The number of hydrogen-bond acceptors (Lipinski definition) is 4. The van der Waals surface area contributed by atoms with Gasteiger partial charge in [0.2, 0.25) is 0 Å². The van der Waals surface area contributed by atoms with Crippen LogP contribution in [0.3, 0.4) is 0 Å². The molecule has 2 aromatic carbocycles. The maximum atomic E-state index is 12.3. The van der Waals surface area contributed by atoms with Gasteiger partial charge < -0.3 is 15.2 Å². The molecular weight excluding hydrogens is 354 g/mol. The number of carbonyl (C=O) groups is 2. The third-order valence-electron chi connectivity index (χ3n) is 4.21. The standard InChI is InChI=1S/C23H25NO4/c1-4-5-17-6-8-18(9-7-17)10-11-19-12-14-20(15-13-19)22(26)24-21(16(2)25)23(27)28-3/h6-9,12-16,21,25H,4-5H2,1-3H3,(H,24,26)/t16-,21+/m1/s1. The van der Waals surface area contributed by atoms with Gasteiger partial charge in [-0.1, -0.05) is 37.3 Å². The van der Waals surface area contributed by atoms with E-state index < -0.39 is 24.0 Å². The number of benzene rings is 2. The molecule has 2 N–H and O–H groups in total. The van der Waals surface area contributed by atoms with Gasteiger partial charge >= 0.3 is 5.97 Å². The number of esters is 1. The molecule has 0 saturated carbocycles. The van der Waals surface area contributed by atoms with Crippen molar-refractivity contribution in [3.63, 3.8) is 0 Å². The fraction of sp³-hybridized carbons (Fsp3) is 0.304. The predicted molar refractivity (Wildman–Crippen MR) is 108 cm³/mol. The molecule has 5 nitrogen and oxygen atoms in total. The molecule has 0 aromatic heterocycles. The molecule has 0 radical (unpaired) electrons. The lowest BCUT2D eigenvalue weighted by Crippen LogP contribution is -2.48. The lowest BCUT2D eigenvalue weighted by Gasteiger charge is -2.18. The third-order valence-corrected chi connectivity index (χ3v) is 4.21. The molecule has 2 rings (SSSR count). The Bertz CT molecular complexity index is 858. The molecule has 0 aliphatic heterocycles. The van der Waals surface area contributed by atoms with Gasteiger partial charge in [0.05, 0.1) is 13.2 Å². The van der Waals surface area contributed by atoms with Crippen LogP contribution in [0.25, 0.3) is 0 Å². The second-order valence-electron chi connectivity index (χ2n) is 6.49. The summed E-state index contributed by atoms with van der Waals surface area (Å²) < 4.78 is 4.59. The fourth-order valence-corrected chi connectivity index (χ4v) is 2.62. The van der Waals surface area contributed by atoms with Crippen molar-refractivity contribution in [1.29, 1.82) is 0 Å². The lowest BCUT2D eigenvalue weighted by molar-refractivity contribution is -0.145. The minimum absolute atomic E-state index is 0.365. The van der Waals surface area contributed by atoms with Crippen LogP contribution in [0.4, 0.5) is 0 Å². The number of aliphatic hydroxyl groups excluding tert-OH is 1. The number of carbonyl (C=O) groups excluding carboxylic acids is 2. The van der Waals surface area contributed by atoms with Gasteiger partial charge in [0.15, 0.2) is 6.04 Å². The molecule has 0 unspecified atom stereocenters. The van der Waals surface area contributed by atoms with E-state index in [0.717, 1.165) is 24.0 Å². The number of methoxy groups -OCH3 is 1. The minimum Gasteiger partial charge on any atom is -0.467 e. The summed E-state index contributed by atoms with van der Waals surface area (Å²) in [5.74, 6) is 5.00. The lowest BCUT2D eigenvalue weighted by atomic mass is 10.1. The Balaban J connectivity index is 2.05. The summed E-state index contributed by atoms with van der Waals surface area (Å²) in [6.45, 7) is 3.56. The highest BCUT2D eigenvalue weighted by Gasteiger charge is 2.26. The molecule has 0 bridgehead atoms. The maximum Gasteiger partial charge on any atom is 0.331 e. The zero-order chi connectivity index (χ0) is 20.5. The van der Waals surface area contributed by atoms with E-state index in [4.69, 9.17) is 0 Å². The summed E-state index contributed by atoms with van der Waals surface area (Å²) in [4.78, 5) is 23.9. The molecule has 0 spiro atoms. The van der Waals surface area contributed by atoms with Crippen molar-refractivity contribution in [1.82, 2.24) is 5.32 Å². The average molecular weight is 379 g/mol. The fourth-order valence-electron chi connectivity index (χ4n) is 2.62. The number of aliphatic hydroxyl groups is 1. The number of ether oxygens (including phenoxy) is 1. The molecule has 2 aromatic rings. The molecule has 0 aliphatic carbocycles. The average Bonchev–Trinajstić information content (AvgIpc) is 2.71. The number of nitrogens with one attached hydrogen (secondary N) is 1. The van der Waals surface area contributed by atoms with Crippen LogP contribution in [0.2, 0.25) is 0 Å². The van der Waals surface area contributed by atoms with E-state index in [9.17, 15) is 14.7 Å². The van der Waals surface area contributed by atoms with Gasteiger partial charge in [-0.2, -0.15) is 0 Å². The zero-order valence-corrected chi connectivity index (χ0v) is 16.4. The van der Waals surface area contributed by atoms with Gasteiger partial charge in [0, 0.05) is 16.7 Å². The van der Waals surface area contributed by atoms with Gasteiger partial charge in [0.25, 0.3) is 5.91 Å². The van der Waals surface area contributed by atoms with E-state index in [2.05, 4.69) is 41.0 Å². The Hall–Kier alpha value is -3.10. The van der Waals surface area contributed by atoms with Crippen LogP contribution >= 0.6 is 0 Å². The Labute approximate surface area is 165 Å². The first-order valence-corrected chi connectivity index (χ1v) is 9.22. The number of rotatable bonds is 6. The topological polar surface area (TPSA) is 75.6 Å². The van der Waals surface area contributed by atoms with E-state index in [1.807, 2.05) is 12.1 Å². The van der Waals surface area contributed by atoms with Gasteiger partial charge in [-0.25, -0.2) is 4.79 Å². The molecule has 1 amide bonds. The Morgan fingerprint density at radius 1 is 1.04 bits per heavy atom. The summed E-state index contributed by atoms with van der Waals surface area (Å²) >= 11 is 0. The number of aryl methyl sites for hydroxylation is 1. The molecule has 0 aliphatic rings. The molecule has 146 valence electrons. The summed E-state index contributed by atoms with van der Waals surface area (Å²) in [6, 6.07) is 13.8. The maximum absolute atomic E-state index is 12.3. The SMILES string of the molecule is CCCc1ccc(C#Cc2ccc(C(=O)N[C@H](C(=O)OC)[C@@H](C)O)cc2)cc1. The summed E-state index contributed by atoms with van der Waals surface area (Å²) in [5, 5.41) is 12.1. The molecule has 0 saturated heterocycles. The van der Waals surface area contributed by atoms with Crippen LogP contribution in [0.1, 0.15) is 47.3 Å². The van der Waals surface area contributed by atoms with Crippen LogP contribution in [0.15, 0.2) is 48.5 Å². The largest absolute Gasteiger partial charge is 0.467 e. The Morgan fingerprint density at radius 3 is 2.04 bits per heavy atom. The van der Waals surface area contributed by atoms with E-state index in [-0.39, 0.29) is 0 Å². The quantitative estimate of drug-likeness (QED) is 0.598. The summed E-state index contributed by atoms with van der Waals surface area (Å²) in [6.07, 6.45) is 1.11. The summed E-state index contributed by atoms with van der Waals surface area (Å²) in [5.41, 5.74) is 3.36. The van der Waals surface area contributed by atoms with E-state index in [1.165, 1.54) is 19.6 Å². The van der Waals surface area contributed by atoms with E-state index >= 15 is 0 Å². The zero-order valence-electron chi connectivity index (χ0n) is 16.4. The van der Waals surface area contributed by atoms with Crippen LogP contribution in [0.5, 0.6) is 0 Å². The third kappa shape index (κ3) is 5.97. The molecule has 5 heteroatoms. The highest BCUT2D eigenvalue weighted by atomic mass is 16.5. The van der Waals surface area contributed by atoms with Crippen molar-refractivity contribution in [3.05, 3.63) is 70.8 Å². The molecule has 0 heterocycles. The first-order valence-electron chi connectivity index (χ1n) is 9.22. The van der Waals surface area contributed by atoms with Crippen LogP contribution < -0.4 is 5.32 Å². The number of amides is 1. The first-order chi connectivity index (χ1) is 13.4. The van der Waals surface area contributed by atoms with Crippen molar-refractivity contribution in [2.45, 2.75) is 38.8 Å². The molecule has 0 fully saturated rings. The van der Waals surface area contributed by atoms with Crippen molar-refractivity contribution in [2.75, 3.05) is 7.11 Å². The smallest absolute Gasteiger partial charge is 0.331 e. The van der Waals surface area contributed by atoms with Crippen LogP contribution in [-0.2, 0) is 16.0 Å². The highest BCUT2D eigenvalue weighted by Crippen LogP contribution is 2.08.